The maximum atomic E-state index is 6.34. The van der Waals surface area contributed by atoms with Crippen molar-refractivity contribution in [2.24, 2.45) is 0 Å². The van der Waals surface area contributed by atoms with Crippen molar-refractivity contribution in [1.29, 1.82) is 0 Å². The third kappa shape index (κ3) is 5.44. The minimum Gasteiger partial charge on any atom is -0.497 e. The number of hydrogen-bond donors (Lipinski definition) is 1. The van der Waals surface area contributed by atoms with Crippen molar-refractivity contribution in [3.8, 4) is 17.0 Å². The van der Waals surface area contributed by atoms with Crippen LogP contribution < -0.4 is 10.1 Å². The van der Waals surface area contributed by atoms with Crippen LogP contribution in [0.4, 0.5) is 0 Å². The Hall–Kier alpha value is -2.86. The Bertz CT molecular complexity index is 1140. The highest BCUT2D eigenvalue weighted by atomic mass is 35.5. The molecule has 7 heteroatoms. The van der Waals surface area contributed by atoms with E-state index in [2.05, 4.69) is 5.32 Å². The van der Waals surface area contributed by atoms with Gasteiger partial charge in [0.2, 0.25) is 0 Å². The van der Waals surface area contributed by atoms with Crippen molar-refractivity contribution in [2.45, 2.75) is 19.6 Å². The molecule has 4 aromatic rings. The Balaban J connectivity index is 1.53. The molecule has 0 radical (unpaired) electrons. The zero-order valence-electron chi connectivity index (χ0n) is 17.1. The molecule has 1 N–H and O–H groups in total. The van der Waals surface area contributed by atoms with E-state index < -0.39 is 0 Å². The van der Waals surface area contributed by atoms with Crippen LogP contribution >= 0.6 is 23.2 Å². The number of rotatable bonds is 8. The van der Waals surface area contributed by atoms with Gasteiger partial charge in [0.25, 0.3) is 0 Å². The molecule has 0 atom stereocenters. The smallest absolute Gasteiger partial charge is 0.118 e. The van der Waals surface area contributed by atoms with Gasteiger partial charge in [0, 0.05) is 28.7 Å². The van der Waals surface area contributed by atoms with Crippen molar-refractivity contribution >= 4 is 23.2 Å². The first-order valence-electron chi connectivity index (χ1n) is 9.89. The van der Waals surface area contributed by atoms with Gasteiger partial charge < -0.3 is 10.1 Å². The summed E-state index contributed by atoms with van der Waals surface area (Å²) >= 11 is 12.4. The Kier molecular flexibility index (Phi) is 6.87. The quantitative estimate of drug-likeness (QED) is 0.378. The molecule has 0 unspecified atom stereocenters. The second-order valence-electron chi connectivity index (χ2n) is 7.08. The number of nitrogens with one attached hydrogen (secondary N) is 1. The van der Waals surface area contributed by atoms with E-state index in [0.717, 1.165) is 28.3 Å². The highest BCUT2D eigenvalue weighted by molar-refractivity contribution is 6.35. The summed E-state index contributed by atoms with van der Waals surface area (Å²) in [5.74, 6) is 0.846. The molecule has 0 aliphatic rings. The number of halogens is 2. The highest BCUT2D eigenvalue weighted by Crippen LogP contribution is 2.24. The fourth-order valence-electron chi connectivity index (χ4n) is 3.26. The van der Waals surface area contributed by atoms with E-state index in [-0.39, 0.29) is 0 Å². The SMILES string of the molecule is COc1ccc(CNCc2nn(Cc3ccc(Cl)cc3Cl)nc2-c2ccccc2)cc1. The van der Waals surface area contributed by atoms with Crippen LogP contribution in [-0.4, -0.2) is 22.1 Å². The molecular formula is C24H22Cl2N4O. The van der Waals surface area contributed by atoms with E-state index in [1.165, 1.54) is 5.56 Å². The van der Waals surface area contributed by atoms with Gasteiger partial charge in [-0.25, -0.2) is 0 Å². The van der Waals surface area contributed by atoms with Gasteiger partial charge in [0.15, 0.2) is 0 Å². The summed E-state index contributed by atoms with van der Waals surface area (Å²) in [6.45, 7) is 1.77. The van der Waals surface area contributed by atoms with E-state index in [0.29, 0.717) is 29.7 Å². The summed E-state index contributed by atoms with van der Waals surface area (Å²) in [6, 6.07) is 23.5. The lowest BCUT2D eigenvalue weighted by molar-refractivity contribution is 0.414. The number of methoxy groups -OCH3 is 1. The normalized spacial score (nSPS) is 10.9. The summed E-state index contributed by atoms with van der Waals surface area (Å²) in [4.78, 5) is 1.68. The molecule has 5 nitrogen and oxygen atoms in total. The predicted octanol–water partition coefficient (Wildman–Crippen LogP) is 5.60. The fourth-order valence-corrected chi connectivity index (χ4v) is 3.73. The summed E-state index contributed by atoms with van der Waals surface area (Å²) in [7, 11) is 1.67. The Morgan fingerprint density at radius 3 is 2.39 bits per heavy atom. The molecule has 1 aromatic heterocycles. The average molecular weight is 453 g/mol. The fraction of sp³-hybridized carbons (Fsp3) is 0.167. The van der Waals surface area contributed by atoms with Gasteiger partial charge in [-0.3, -0.25) is 0 Å². The minimum atomic E-state index is 0.467. The summed E-state index contributed by atoms with van der Waals surface area (Å²) in [5, 5.41) is 14.2. The first-order chi connectivity index (χ1) is 15.1. The van der Waals surface area contributed by atoms with E-state index in [1.807, 2.05) is 66.7 Å². The molecule has 4 rings (SSSR count). The first-order valence-corrected chi connectivity index (χ1v) is 10.6. The second-order valence-corrected chi connectivity index (χ2v) is 7.92. The molecule has 0 amide bonds. The number of ether oxygens (including phenoxy) is 1. The van der Waals surface area contributed by atoms with Crippen LogP contribution in [0.5, 0.6) is 5.75 Å². The van der Waals surface area contributed by atoms with Crippen LogP contribution in [0.25, 0.3) is 11.3 Å². The Labute approximate surface area is 191 Å². The van der Waals surface area contributed by atoms with Crippen molar-refractivity contribution in [3.05, 3.63) is 99.7 Å². The number of benzene rings is 3. The standard InChI is InChI=1S/C24H22Cl2N4O/c1-31-21-11-7-17(8-12-21)14-27-15-23-24(18-5-3-2-4-6-18)29-30(28-23)16-19-9-10-20(25)13-22(19)26/h2-13,27H,14-16H2,1H3. The number of hydrogen-bond acceptors (Lipinski definition) is 4. The number of aromatic nitrogens is 3. The molecule has 0 aliphatic heterocycles. The van der Waals surface area contributed by atoms with Gasteiger partial charge in [-0.15, -0.1) is 0 Å². The van der Waals surface area contributed by atoms with Crippen molar-refractivity contribution in [1.82, 2.24) is 20.3 Å². The van der Waals surface area contributed by atoms with Crippen LogP contribution in [0.2, 0.25) is 10.0 Å². The Morgan fingerprint density at radius 1 is 0.903 bits per heavy atom. The maximum absolute atomic E-state index is 6.34. The molecule has 1 heterocycles. The monoisotopic (exact) mass is 452 g/mol. The van der Waals surface area contributed by atoms with Crippen LogP contribution in [0.15, 0.2) is 72.8 Å². The molecule has 0 fully saturated rings. The van der Waals surface area contributed by atoms with Gasteiger partial charge in [0.05, 0.1) is 13.7 Å². The highest BCUT2D eigenvalue weighted by Gasteiger charge is 2.14. The molecule has 158 valence electrons. The lowest BCUT2D eigenvalue weighted by Gasteiger charge is -2.06. The van der Waals surface area contributed by atoms with Crippen LogP contribution in [0.3, 0.4) is 0 Å². The summed E-state index contributed by atoms with van der Waals surface area (Å²) < 4.78 is 5.22. The molecule has 0 aliphatic carbocycles. The third-order valence-corrected chi connectivity index (χ3v) is 5.47. The topological polar surface area (TPSA) is 52.0 Å². The van der Waals surface area contributed by atoms with E-state index in [4.69, 9.17) is 38.1 Å². The van der Waals surface area contributed by atoms with Crippen LogP contribution in [0.1, 0.15) is 16.8 Å². The molecule has 0 bridgehead atoms. The average Bonchev–Trinajstić information content (AvgIpc) is 3.19. The predicted molar refractivity (Wildman–Crippen MR) is 125 cm³/mol. The molecule has 0 saturated carbocycles. The van der Waals surface area contributed by atoms with Crippen LogP contribution in [0, 0.1) is 0 Å². The summed E-state index contributed by atoms with van der Waals surface area (Å²) in [5.41, 5.74) is 4.84. The first kappa shape index (κ1) is 21.4. The summed E-state index contributed by atoms with van der Waals surface area (Å²) in [6.07, 6.45) is 0. The molecular weight excluding hydrogens is 431 g/mol. The van der Waals surface area contributed by atoms with E-state index in [9.17, 15) is 0 Å². The zero-order chi connectivity index (χ0) is 21.6. The van der Waals surface area contributed by atoms with Gasteiger partial charge in [-0.05, 0) is 35.4 Å². The van der Waals surface area contributed by atoms with Gasteiger partial charge >= 0.3 is 0 Å². The van der Waals surface area contributed by atoms with E-state index >= 15 is 0 Å². The maximum Gasteiger partial charge on any atom is 0.118 e. The molecule has 0 spiro atoms. The number of nitrogens with zero attached hydrogens (tertiary/aromatic N) is 3. The largest absolute Gasteiger partial charge is 0.497 e. The molecule has 31 heavy (non-hydrogen) atoms. The van der Waals surface area contributed by atoms with Gasteiger partial charge in [0.1, 0.15) is 17.1 Å². The second kappa shape index (κ2) is 9.96. The van der Waals surface area contributed by atoms with Gasteiger partial charge in [-0.2, -0.15) is 15.0 Å². The van der Waals surface area contributed by atoms with Crippen molar-refractivity contribution in [3.63, 3.8) is 0 Å². The van der Waals surface area contributed by atoms with Gasteiger partial charge in [-0.1, -0.05) is 71.7 Å². The lowest BCUT2D eigenvalue weighted by atomic mass is 10.1. The van der Waals surface area contributed by atoms with Crippen molar-refractivity contribution < 1.29 is 4.74 Å². The van der Waals surface area contributed by atoms with Crippen LogP contribution in [-0.2, 0) is 19.6 Å². The lowest BCUT2D eigenvalue weighted by Crippen LogP contribution is -2.14. The van der Waals surface area contributed by atoms with E-state index in [1.54, 1.807) is 18.0 Å². The minimum absolute atomic E-state index is 0.467. The molecule has 3 aromatic carbocycles. The molecule has 0 saturated heterocycles. The van der Waals surface area contributed by atoms with Crippen molar-refractivity contribution in [2.75, 3.05) is 7.11 Å². The third-order valence-electron chi connectivity index (χ3n) is 4.88. The Morgan fingerprint density at radius 2 is 1.68 bits per heavy atom. The zero-order valence-corrected chi connectivity index (χ0v) is 18.6.